The summed E-state index contributed by atoms with van der Waals surface area (Å²) in [4.78, 5) is 4.55. The first kappa shape index (κ1) is 22.2. The Morgan fingerprint density at radius 1 is 0.679 bits per heavy atom. The molecule has 2 aromatic rings. The molecule has 2 nitrogen and oxygen atoms in total. The van der Waals surface area contributed by atoms with Gasteiger partial charge in [-0.15, -0.1) is 0 Å². The van der Waals surface area contributed by atoms with E-state index in [1.54, 1.807) is 23.5 Å². The van der Waals surface area contributed by atoms with Crippen molar-refractivity contribution in [2.24, 2.45) is 0 Å². The Morgan fingerprint density at radius 2 is 1.00 bits per heavy atom. The van der Waals surface area contributed by atoms with Gasteiger partial charge in [0, 0.05) is 47.7 Å². The highest BCUT2D eigenvalue weighted by Gasteiger charge is 2.21. The van der Waals surface area contributed by atoms with Crippen molar-refractivity contribution < 1.29 is 0 Å². The summed E-state index contributed by atoms with van der Waals surface area (Å²) in [5.41, 5.74) is 2.46. The number of thioether (sulfide) groups is 2. The van der Waals surface area contributed by atoms with Gasteiger partial charge < -0.3 is 9.80 Å². The largest absolute Gasteiger partial charge is 0.354 e. The van der Waals surface area contributed by atoms with Crippen molar-refractivity contribution in [2.45, 2.75) is 11.5 Å². The number of hydrogen-bond acceptors (Lipinski definition) is 4. The van der Waals surface area contributed by atoms with Crippen molar-refractivity contribution in [1.29, 1.82) is 0 Å². The predicted molar refractivity (Wildman–Crippen MR) is 134 cm³/mol. The second-order valence-electron chi connectivity index (χ2n) is 6.34. The van der Waals surface area contributed by atoms with Crippen LogP contribution in [0.2, 0.25) is 10.0 Å². The lowest BCUT2D eigenvalue weighted by molar-refractivity contribution is 0.271. The second-order valence-corrected chi connectivity index (χ2v) is 10.4. The SMILES string of the molecule is S=C(SCc1ccc(Cl)cc1)N1CCN(C(=S)SCc2ccc(Cl)cc2)CC1. The van der Waals surface area contributed by atoms with E-state index < -0.39 is 0 Å². The van der Waals surface area contributed by atoms with Gasteiger partial charge in [-0.3, -0.25) is 0 Å². The predicted octanol–water partition coefficient (Wildman–Crippen LogP) is 6.35. The van der Waals surface area contributed by atoms with Gasteiger partial charge in [0.2, 0.25) is 0 Å². The third kappa shape index (κ3) is 6.78. The molecular formula is C20H20Cl2N2S4. The minimum atomic E-state index is 0.761. The average Bonchev–Trinajstić information content (AvgIpc) is 2.72. The molecule has 1 aliphatic rings. The lowest BCUT2D eigenvalue weighted by atomic mass is 10.2. The van der Waals surface area contributed by atoms with E-state index in [2.05, 4.69) is 9.80 Å². The average molecular weight is 488 g/mol. The van der Waals surface area contributed by atoms with E-state index >= 15 is 0 Å². The Kier molecular flexibility index (Phi) is 8.75. The fourth-order valence-electron chi connectivity index (χ4n) is 2.71. The van der Waals surface area contributed by atoms with Crippen LogP contribution in [0.1, 0.15) is 11.1 Å². The smallest absolute Gasteiger partial charge is 0.136 e. The lowest BCUT2D eigenvalue weighted by Crippen LogP contribution is -2.48. The van der Waals surface area contributed by atoms with E-state index in [4.69, 9.17) is 47.6 Å². The molecule has 28 heavy (non-hydrogen) atoms. The van der Waals surface area contributed by atoms with Crippen molar-refractivity contribution in [2.75, 3.05) is 26.2 Å². The number of thiocarbonyl (C=S) groups is 2. The Balaban J connectivity index is 1.39. The van der Waals surface area contributed by atoms with Crippen LogP contribution in [-0.4, -0.2) is 44.6 Å². The van der Waals surface area contributed by atoms with Crippen LogP contribution in [0, 0.1) is 0 Å². The summed E-state index contributed by atoms with van der Waals surface area (Å²) >= 11 is 26.5. The molecule has 1 saturated heterocycles. The normalized spacial score (nSPS) is 14.2. The summed E-state index contributed by atoms with van der Waals surface area (Å²) in [6.07, 6.45) is 0. The number of benzene rings is 2. The molecule has 0 saturated carbocycles. The van der Waals surface area contributed by atoms with Crippen LogP contribution in [-0.2, 0) is 11.5 Å². The first-order valence-electron chi connectivity index (χ1n) is 8.83. The highest BCUT2D eigenvalue weighted by molar-refractivity contribution is 8.22. The van der Waals surface area contributed by atoms with Crippen LogP contribution < -0.4 is 0 Å². The molecule has 0 bridgehead atoms. The third-order valence-corrected chi connectivity index (χ3v) is 8.04. The molecular weight excluding hydrogens is 467 g/mol. The first-order chi connectivity index (χ1) is 13.5. The fraction of sp³-hybridized carbons (Fsp3) is 0.300. The molecule has 0 unspecified atom stereocenters. The minimum Gasteiger partial charge on any atom is -0.354 e. The van der Waals surface area contributed by atoms with Crippen molar-refractivity contribution >= 4 is 79.8 Å². The van der Waals surface area contributed by atoms with Crippen LogP contribution in [0.4, 0.5) is 0 Å². The Morgan fingerprint density at radius 3 is 1.32 bits per heavy atom. The molecule has 1 aliphatic heterocycles. The summed E-state index contributed by atoms with van der Waals surface area (Å²) < 4.78 is 1.91. The van der Waals surface area contributed by atoms with Crippen LogP contribution in [0.3, 0.4) is 0 Å². The highest BCUT2D eigenvalue weighted by Crippen LogP contribution is 2.22. The monoisotopic (exact) mass is 486 g/mol. The molecule has 148 valence electrons. The zero-order valence-corrected chi connectivity index (χ0v) is 19.9. The summed E-state index contributed by atoms with van der Waals surface area (Å²) in [5.74, 6) is 1.73. The van der Waals surface area contributed by atoms with Crippen molar-refractivity contribution in [1.82, 2.24) is 9.80 Å². The third-order valence-electron chi connectivity index (χ3n) is 4.35. The van der Waals surface area contributed by atoms with Gasteiger partial charge in [0.05, 0.1) is 0 Å². The van der Waals surface area contributed by atoms with Gasteiger partial charge in [-0.2, -0.15) is 0 Å². The number of hydrogen-bond donors (Lipinski definition) is 0. The van der Waals surface area contributed by atoms with Gasteiger partial charge in [0.25, 0.3) is 0 Å². The standard InChI is InChI=1S/C20H20Cl2N2S4/c21-17-5-1-15(2-6-17)13-27-19(25)23-9-11-24(12-10-23)20(26)28-14-16-3-7-18(22)8-4-16/h1-8H,9-14H2. The van der Waals surface area contributed by atoms with E-state index in [1.807, 2.05) is 48.5 Å². The maximum absolute atomic E-state index is 5.94. The van der Waals surface area contributed by atoms with Crippen molar-refractivity contribution in [3.05, 3.63) is 69.7 Å². The summed E-state index contributed by atoms with van der Waals surface area (Å²) in [6, 6.07) is 15.9. The van der Waals surface area contributed by atoms with Gasteiger partial charge >= 0.3 is 0 Å². The number of halogens is 2. The summed E-state index contributed by atoms with van der Waals surface area (Å²) in [5, 5.41) is 1.52. The topological polar surface area (TPSA) is 6.48 Å². The zero-order valence-electron chi connectivity index (χ0n) is 15.1. The van der Waals surface area contributed by atoms with Crippen molar-refractivity contribution in [3.8, 4) is 0 Å². The molecule has 0 aromatic heterocycles. The fourth-order valence-corrected chi connectivity index (χ4v) is 5.37. The van der Waals surface area contributed by atoms with Crippen LogP contribution in [0.15, 0.2) is 48.5 Å². The first-order valence-corrected chi connectivity index (χ1v) is 12.4. The molecule has 0 atom stereocenters. The van der Waals surface area contributed by atoms with E-state index in [0.29, 0.717) is 0 Å². The molecule has 3 rings (SSSR count). The Bertz CT molecular complexity index is 734. The molecule has 0 N–H and O–H groups in total. The number of rotatable bonds is 4. The Hall–Kier alpha value is -0.500. The molecule has 0 amide bonds. The molecule has 8 heteroatoms. The maximum atomic E-state index is 5.94. The van der Waals surface area contributed by atoms with E-state index in [9.17, 15) is 0 Å². The minimum absolute atomic E-state index is 0.761. The number of nitrogens with zero attached hydrogens (tertiary/aromatic N) is 2. The molecule has 0 spiro atoms. The molecule has 2 aromatic carbocycles. The second kappa shape index (κ2) is 11.0. The molecule has 1 heterocycles. The van der Waals surface area contributed by atoms with Gasteiger partial charge in [0.15, 0.2) is 0 Å². The maximum Gasteiger partial charge on any atom is 0.136 e. The summed E-state index contributed by atoms with van der Waals surface area (Å²) in [6.45, 7) is 3.64. The van der Waals surface area contributed by atoms with Gasteiger partial charge in [-0.25, -0.2) is 0 Å². The quantitative estimate of drug-likeness (QED) is 0.461. The van der Waals surface area contributed by atoms with Crippen LogP contribution in [0.25, 0.3) is 0 Å². The highest BCUT2D eigenvalue weighted by atomic mass is 35.5. The lowest BCUT2D eigenvalue weighted by Gasteiger charge is -2.37. The van der Waals surface area contributed by atoms with Gasteiger partial charge in [0.1, 0.15) is 8.64 Å². The van der Waals surface area contributed by atoms with Crippen molar-refractivity contribution in [3.63, 3.8) is 0 Å². The molecule has 0 aliphatic carbocycles. The van der Waals surface area contributed by atoms with Gasteiger partial charge in [-0.1, -0.05) is 95.4 Å². The summed E-state index contributed by atoms with van der Waals surface area (Å²) in [7, 11) is 0. The van der Waals surface area contributed by atoms with Crippen LogP contribution >= 0.6 is 71.2 Å². The van der Waals surface area contributed by atoms with Gasteiger partial charge in [-0.05, 0) is 35.4 Å². The van der Waals surface area contributed by atoms with Crippen LogP contribution in [0.5, 0.6) is 0 Å². The number of piperazine rings is 1. The Labute approximate surface area is 195 Å². The molecule has 0 radical (unpaired) electrons. The van der Waals surface area contributed by atoms with E-state index in [0.717, 1.165) is 56.4 Å². The van der Waals surface area contributed by atoms with E-state index in [1.165, 1.54) is 11.1 Å². The van der Waals surface area contributed by atoms with E-state index in [-0.39, 0.29) is 0 Å². The molecule has 1 fully saturated rings. The zero-order chi connectivity index (χ0) is 19.9.